The number of nitrogens with one attached hydrogen (secondary N) is 1. The summed E-state index contributed by atoms with van der Waals surface area (Å²) >= 11 is 5.95. The molecule has 3 aliphatic rings. The summed E-state index contributed by atoms with van der Waals surface area (Å²) in [5.41, 5.74) is 0.430. The lowest BCUT2D eigenvalue weighted by molar-refractivity contribution is -0.149. The molecule has 3 fully saturated rings. The number of carbonyl (C=O) groups is 4. The number of amides is 3. The molecule has 1 heterocycles. The van der Waals surface area contributed by atoms with Crippen LogP contribution in [0.2, 0.25) is 5.02 Å². The number of ether oxygens (including phenoxy) is 1. The van der Waals surface area contributed by atoms with E-state index in [0.717, 1.165) is 19.3 Å². The molecule has 0 aromatic heterocycles. The first kappa shape index (κ1) is 18.9. The summed E-state index contributed by atoms with van der Waals surface area (Å²) in [6.07, 6.45) is 2.89. The number of carbonyl (C=O) groups excluding carboxylic acids is 4. The molecule has 0 spiro atoms. The number of para-hydroxylation sites is 1. The SMILES string of the molecule is O=C(COC(=O)CCN1C(=O)[C@@H]2[C@@H]3CC[C@@H](C3)[C@@H]2C1=O)Nc1ccccc1Cl. The number of rotatable bonds is 6. The monoisotopic (exact) mass is 404 g/mol. The zero-order valence-corrected chi connectivity index (χ0v) is 16.0. The molecule has 1 N–H and O–H groups in total. The fourth-order valence-corrected chi connectivity index (χ4v) is 5.04. The van der Waals surface area contributed by atoms with Crippen molar-refractivity contribution in [3.8, 4) is 0 Å². The third kappa shape index (κ3) is 3.39. The second kappa shape index (κ2) is 7.54. The van der Waals surface area contributed by atoms with Crippen LogP contribution in [0, 0.1) is 23.7 Å². The van der Waals surface area contributed by atoms with Crippen molar-refractivity contribution in [2.24, 2.45) is 23.7 Å². The molecular formula is C20H21ClN2O5. The minimum absolute atomic E-state index is 0.00900. The molecule has 148 valence electrons. The van der Waals surface area contributed by atoms with E-state index in [1.165, 1.54) is 4.90 Å². The van der Waals surface area contributed by atoms with Gasteiger partial charge < -0.3 is 10.1 Å². The van der Waals surface area contributed by atoms with Crippen molar-refractivity contribution in [2.75, 3.05) is 18.5 Å². The smallest absolute Gasteiger partial charge is 0.308 e. The second-order valence-corrected chi connectivity index (χ2v) is 8.06. The van der Waals surface area contributed by atoms with Crippen molar-refractivity contribution >= 4 is 41.0 Å². The summed E-state index contributed by atoms with van der Waals surface area (Å²) in [7, 11) is 0. The molecule has 3 amide bonds. The van der Waals surface area contributed by atoms with Crippen LogP contribution in [0.4, 0.5) is 5.69 Å². The lowest BCUT2D eigenvalue weighted by Crippen LogP contribution is -2.35. The standard InChI is InChI=1S/C20H21ClN2O5/c21-13-3-1-2-4-14(13)22-15(24)10-28-16(25)7-8-23-19(26)17-11-5-6-12(9-11)18(17)20(23)27/h1-4,11-12,17-18H,5-10H2,(H,22,24)/t11-,12+,17-,18+. The molecule has 28 heavy (non-hydrogen) atoms. The van der Waals surface area contributed by atoms with E-state index in [2.05, 4.69) is 5.32 Å². The van der Waals surface area contributed by atoms with E-state index in [0.29, 0.717) is 22.5 Å². The summed E-state index contributed by atoms with van der Waals surface area (Å²) < 4.78 is 4.95. The number of likely N-dealkylation sites (tertiary alicyclic amines) is 1. The van der Waals surface area contributed by atoms with Crippen molar-refractivity contribution in [2.45, 2.75) is 25.7 Å². The van der Waals surface area contributed by atoms with Gasteiger partial charge in [0.1, 0.15) is 0 Å². The van der Waals surface area contributed by atoms with Crippen molar-refractivity contribution < 1.29 is 23.9 Å². The van der Waals surface area contributed by atoms with E-state index >= 15 is 0 Å². The maximum Gasteiger partial charge on any atom is 0.308 e. The van der Waals surface area contributed by atoms with Gasteiger partial charge in [0.15, 0.2) is 6.61 Å². The zero-order chi connectivity index (χ0) is 19.8. The molecule has 1 aromatic carbocycles. The fraction of sp³-hybridized carbons (Fsp3) is 0.500. The molecule has 0 unspecified atom stereocenters. The van der Waals surface area contributed by atoms with Crippen LogP contribution in [0.3, 0.4) is 0 Å². The number of anilines is 1. The van der Waals surface area contributed by atoms with Gasteiger partial charge >= 0.3 is 5.97 Å². The number of halogens is 1. The number of hydrogen-bond acceptors (Lipinski definition) is 5. The van der Waals surface area contributed by atoms with Crippen molar-refractivity contribution in [1.82, 2.24) is 4.90 Å². The summed E-state index contributed by atoms with van der Waals surface area (Å²) in [5.74, 6) is -1.19. The van der Waals surface area contributed by atoms with Gasteiger partial charge in [-0.05, 0) is 43.2 Å². The third-order valence-corrected chi connectivity index (χ3v) is 6.40. The maximum atomic E-state index is 12.6. The van der Waals surface area contributed by atoms with Gasteiger partial charge in [0.2, 0.25) is 11.8 Å². The predicted molar refractivity (Wildman–Crippen MR) is 100 cm³/mol. The van der Waals surface area contributed by atoms with Crippen LogP contribution in [0.1, 0.15) is 25.7 Å². The van der Waals surface area contributed by atoms with Crippen molar-refractivity contribution in [1.29, 1.82) is 0 Å². The number of benzene rings is 1. The van der Waals surface area contributed by atoms with E-state index in [4.69, 9.17) is 16.3 Å². The highest BCUT2D eigenvalue weighted by Crippen LogP contribution is 2.56. The highest BCUT2D eigenvalue weighted by atomic mass is 35.5. The van der Waals surface area contributed by atoms with Gasteiger partial charge in [-0.15, -0.1) is 0 Å². The minimum Gasteiger partial charge on any atom is -0.456 e. The average molecular weight is 405 g/mol. The molecular weight excluding hydrogens is 384 g/mol. The molecule has 7 nitrogen and oxygen atoms in total. The number of hydrogen-bond donors (Lipinski definition) is 1. The molecule has 1 saturated heterocycles. The van der Waals surface area contributed by atoms with Gasteiger partial charge in [-0.1, -0.05) is 23.7 Å². The zero-order valence-electron chi connectivity index (χ0n) is 15.2. The first-order valence-electron chi connectivity index (χ1n) is 9.51. The molecule has 8 heteroatoms. The molecule has 2 saturated carbocycles. The van der Waals surface area contributed by atoms with E-state index in [-0.39, 0.29) is 36.6 Å². The topological polar surface area (TPSA) is 92.8 Å². The molecule has 2 bridgehead atoms. The number of esters is 1. The molecule has 4 rings (SSSR count). The van der Waals surface area contributed by atoms with E-state index in [9.17, 15) is 19.2 Å². The van der Waals surface area contributed by atoms with Gasteiger partial charge in [0, 0.05) is 6.54 Å². The first-order valence-corrected chi connectivity index (χ1v) is 9.88. The largest absolute Gasteiger partial charge is 0.456 e. The molecule has 4 atom stereocenters. The highest BCUT2D eigenvalue weighted by molar-refractivity contribution is 6.33. The van der Waals surface area contributed by atoms with Crippen LogP contribution in [-0.4, -0.2) is 41.7 Å². The van der Waals surface area contributed by atoms with Gasteiger partial charge in [-0.2, -0.15) is 0 Å². The van der Waals surface area contributed by atoms with Gasteiger partial charge in [0.05, 0.1) is 29.0 Å². The first-order chi connectivity index (χ1) is 13.5. The van der Waals surface area contributed by atoms with E-state index in [1.54, 1.807) is 24.3 Å². The van der Waals surface area contributed by atoms with Crippen LogP contribution in [0.25, 0.3) is 0 Å². The predicted octanol–water partition coefficient (Wildman–Crippen LogP) is 2.24. The van der Waals surface area contributed by atoms with Crippen molar-refractivity contribution in [3.05, 3.63) is 29.3 Å². The molecule has 1 aromatic rings. The van der Waals surface area contributed by atoms with Gasteiger partial charge in [-0.3, -0.25) is 24.1 Å². The highest BCUT2D eigenvalue weighted by Gasteiger charge is 2.60. The van der Waals surface area contributed by atoms with E-state index in [1.807, 2.05) is 0 Å². The fourth-order valence-electron chi connectivity index (χ4n) is 4.86. The summed E-state index contributed by atoms with van der Waals surface area (Å²) in [6, 6.07) is 6.73. The van der Waals surface area contributed by atoms with Crippen molar-refractivity contribution in [3.63, 3.8) is 0 Å². The second-order valence-electron chi connectivity index (χ2n) is 7.65. The lowest BCUT2D eigenvalue weighted by Gasteiger charge is -2.19. The number of nitrogens with zero attached hydrogens (tertiary/aromatic N) is 1. The number of fused-ring (bicyclic) bond motifs is 5. The maximum absolute atomic E-state index is 12.6. The normalized spacial score (nSPS) is 27.8. The Morgan fingerprint density at radius 2 is 1.75 bits per heavy atom. The van der Waals surface area contributed by atoms with Gasteiger partial charge in [0.25, 0.3) is 5.91 Å². The minimum atomic E-state index is -0.630. The van der Waals surface area contributed by atoms with Crippen LogP contribution < -0.4 is 5.32 Å². The lowest BCUT2D eigenvalue weighted by atomic mass is 9.81. The molecule has 1 aliphatic heterocycles. The quantitative estimate of drug-likeness (QED) is 0.579. The Balaban J connectivity index is 1.24. The Kier molecular flexibility index (Phi) is 5.10. The Labute approximate surface area is 167 Å². The summed E-state index contributed by atoms with van der Waals surface area (Å²) in [5, 5.41) is 2.94. The average Bonchev–Trinajstić information content (AvgIpc) is 3.35. The summed E-state index contributed by atoms with van der Waals surface area (Å²) in [4.78, 5) is 50.2. The molecule has 2 aliphatic carbocycles. The third-order valence-electron chi connectivity index (χ3n) is 6.07. The Morgan fingerprint density at radius 3 is 2.39 bits per heavy atom. The molecule has 0 radical (unpaired) electrons. The van der Waals surface area contributed by atoms with Crippen LogP contribution in [0.15, 0.2) is 24.3 Å². The van der Waals surface area contributed by atoms with Gasteiger partial charge in [-0.25, -0.2) is 0 Å². The van der Waals surface area contributed by atoms with Crippen LogP contribution in [0.5, 0.6) is 0 Å². The van der Waals surface area contributed by atoms with Crippen LogP contribution >= 0.6 is 11.6 Å². The van der Waals surface area contributed by atoms with E-state index < -0.39 is 18.5 Å². The number of imide groups is 1. The Hall–Kier alpha value is -2.41. The summed E-state index contributed by atoms with van der Waals surface area (Å²) in [6.45, 7) is -0.448. The Morgan fingerprint density at radius 1 is 1.11 bits per heavy atom. The van der Waals surface area contributed by atoms with Crippen LogP contribution in [-0.2, 0) is 23.9 Å². The Bertz CT molecular complexity index is 814.